The average molecular weight is 414 g/mol. The number of carbonyl (C=O) groups excluding carboxylic acids is 2. The lowest BCUT2D eigenvalue weighted by atomic mass is 10.0. The number of nitrogens with one attached hydrogen (secondary N) is 1. The Kier molecular flexibility index (Phi) is 7.29. The molecule has 1 aliphatic heterocycles. The van der Waals surface area contributed by atoms with Gasteiger partial charge in [-0.05, 0) is 43.5 Å². The minimum absolute atomic E-state index is 0.0246. The van der Waals surface area contributed by atoms with E-state index in [1.165, 1.54) is 12.5 Å². The molecule has 1 amide bonds. The lowest BCUT2D eigenvalue weighted by Crippen LogP contribution is -2.51. The molecule has 1 N–H and O–H groups in total. The molecule has 1 saturated heterocycles. The van der Waals surface area contributed by atoms with E-state index in [0.717, 1.165) is 42.5 Å². The molecular weight excluding hydrogens is 386 g/mol. The molecule has 154 valence electrons. The van der Waals surface area contributed by atoms with E-state index in [4.69, 9.17) is 11.6 Å². The van der Waals surface area contributed by atoms with E-state index in [0.29, 0.717) is 13.0 Å². The molecule has 2 aromatic carbocycles. The number of carbonyl (C=O) groups is 2. The van der Waals surface area contributed by atoms with Crippen LogP contribution in [0.3, 0.4) is 0 Å². The highest BCUT2D eigenvalue weighted by atomic mass is 35.5. The van der Waals surface area contributed by atoms with Crippen LogP contribution >= 0.6 is 11.6 Å². The molecule has 0 aliphatic carbocycles. The monoisotopic (exact) mass is 413 g/mol. The van der Waals surface area contributed by atoms with Crippen LogP contribution in [-0.2, 0) is 16.0 Å². The molecule has 6 heteroatoms. The van der Waals surface area contributed by atoms with Gasteiger partial charge in [-0.2, -0.15) is 0 Å². The van der Waals surface area contributed by atoms with Gasteiger partial charge < -0.3 is 10.2 Å². The normalized spacial score (nSPS) is 15.8. The Morgan fingerprint density at radius 1 is 1.07 bits per heavy atom. The Morgan fingerprint density at radius 2 is 1.76 bits per heavy atom. The number of rotatable bonds is 7. The van der Waals surface area contributed by atoms with Gasteiger partial charge >= 0.3 is 0 Å². The van der Waals surface area contributed by atoms with Gasteiger partial charge in [-0.25, -0.2) is 0 Å². The second kappa shape index (κ2) is 9.90. The first-order valence-electron chi connectivity index (χ1n) is 9.99. The van der Waals surface area contributed by atoms with Crippen molar-refractivity contribution in [3.8, 4) is 0 Å². The van der Waals surface area contributed by atoms with Crippen LogP contribution in [0.4, 0.5) is 5.69 Å². The summed E-state index contributed by atoms with van der Waals surface area (Å²) in [6, 6.07) is 15.2. The van der Waals surface area contributed by atoms with Crippen LogP contribution in [0.1, 0.15) is 18.1 Å². The van der Waals surface area contributed by atoms with Crippen LogP contribution in [0.2, 0.25) is 5.02 Å². The van der Waals surface area contributed by atoms with Gasteiger partial charge in [0.05, 0.1) is 12.6 Å². The molecule has 5 nitrogen and oxygen atoms in total. The number of hydrogen-bond acceptors (Lipinski definition) is 4. The molecule has 0 aromatic heterocycles. The number of Topliss-reactive ketones (excluding diaryl/α,β-unsaturated/α-hetero) is 1. The number of halogens is 1. The van der Waals surface area contributed by atoms with Crippen molar-refractivity contribution >= 4 is 29.0 Å². The Bertz CT molecular complexity index is 848. The minimum Gasteiger partial charge on any atom is -0.369 e. The predicted molar refractivity (Wildman–Crippen MR) is 118 cm³/mol. The van der Waals surface area contributed by atoms with E-state index in [1.807, 2.05) is 48.5 Å². The highest BCUT2D eigenvalue weighted by molar-refractivity contribution is 6.30. The number of anilines is 1. The molecule has 0 saturated carbocycles. The lowest BCUT2D eigenvalue weighted by Gasteiger charge is -2.36. The Labute approximate surface area is 177 Å². The molecular formula is C23H28ClN3O2. The third-order valence-corrected chi connectivity index (χ3v) is 5.60. The standard InChI is InChI=1S/C23H28ClN3O2/c1-17-8-9-20(24)15-22(17)27-12-10-26(11-13-27)16-23(29)25-21(18(2)28)14-19-6-4-3-5-7-19/h3-9,15,21H,10-14,16H2,1-2H3,(H,25,29)/t21-/m0/s1. The van der Waals surface area contributed by atoms with Crippen molar-refractivity contribution in [1.82, 2.24) is 10.2 Å². The van der Waals surface area contributed by atoms with Gasteiger partial charge in [0.2, 0.25) is 5.91 Å². The maximum absolute atomic E-state index is 12.5. The number of hydrogen-bond donors (Lipinski definition) is 1. The molecule has 1 fully saturated rings. The summed E-state index contributed by atoms with van der Waals surface area (Å²) in [6.07, 6.45) is 0.518. The van der Waals surface area contributed by atoms with Crippen molar-refractivity contribution in [2.75, 3.05) is 37.6 Å². The molecule has 29 heavy (non-hydrogen) atoms. The fourth-order valence-corrected chi connectivity index (χ4v) is 3.83. The molecule has 0 spiro atoms. The zero-order valence-corrected chi connectivity index (χ0v) is 17.8. The zero-order chi connectivity index (χ0) is 20.8. The fraction of sp³-hybridized carbons (Fsp3) is 0.391. The molecule has 3 rings (SSSR count). The third kappa shape index (κ3) is 6.05. The second-order valence-electron chi connectivity index (χ2n) is 7.61. The van der Waals surface area contributed by atoms with Crippen molar-refractivity contribution in [1.29, 1.82) is 0 Å². The summed E-state index contributed by atoms with van der Waals surface area (Å²) in [7, 11) is 0. The molecule has 1 atom stereocenters. The third-order valence-electron chi connectivity index (χ3n) is 5.36. The van der Waals surface area contributed by atoms with E-state index < -0.39 is 6.04 Å². The average Bonchev–Trinajstić information content (AvgIpc) is 2.70. The maximum atomic E-state index is 12.5. The van der Waals surface area contributed by atoms with E-state index in [9.17, 15) is 9.59 Å². The summed E-state index contributed by atoms with van der Waals surface area (Å²) < 4.78 is 0. The van der Waals surface area contributed by atoms with Gasteiger partial charge in [-0.15, -0.1) is 0 Å². The minimum atomic E-state index is -0.486. The summed E-state index contributed by atoms with van der Waals surface area (Å²) in [5.41, 5.74) is 3.39. The molecule has 1 heterocycles. The van der Waals surface area contributed by atoms with Crippen molar-refractivity contribution in [2.24, 2.45) is 0 Å². The predicted octanol–water partition coefficient (Wildman–Crippen LogP) is 3.09. The SMILES string of the molecule is CC(=O)[C@H](Cc1ccccc1)NC(=O)CN1CCN(c2cc(Cl)ccc2C)CC1. The lowest BCUT2D eigenvalue weighted by molar-refractivity contribution is -0.127. The Balaban J connectivity index is 1.51. The van der Waals surface area contributed by atoms with Gasteiger partial charge in [0, 0.05) is 36.9 Å². The fourth-order valence-electron chi connectivity index (χ4n) is 3.66. The van der Waals surface area contributed by atoms with Crippen molar-refractivity contribution in [3.05, 3.63) is 64.7 Å². The summed E-state index contributed by atoms with van der Waals surface area (Å²) in [5.74, 6) is -0.128. The summed E-state index contributed by atoms with van der Waals surface area (Å²) >= 11 is 6.15. The molecule has 0 radical (unpaired) electrons. The van der Waals surface area contributed by atoms with E-state index in [1.54, 1.807) is 0 Å². The highest BCUT2D eigenvalue weighted by Gasteiger charge is 2.23. The van der Waals surface area contributed by atoms with Gasteiger partial charge in [-0.1, -0.05) is 48.0 Å². The number of ketones is 1. The van der Waals surface area contributed by atoms with Gasteiger partial charge in [0.1, 0.15) is 0 Å². The number of benzene rings is 2. The Hall–Kier alpha value is -2.37. The number of nitrogens with zero attached hydrogens (tertiary/aromatic N) is 2. The van der Waals surface area contributed by atoms with Crippen LogP contribution in [0.15, 0.2) is 48.5 Å². The topological polar surface area (TPSA) is 52.7 Å². The van der Waals surface area contributed by atoms with E-state index in [-0.39, 0.29) is 11.7 Å². The first-order valence-corrected chi connectivity index (χ1v) is 10.4. The largest absolute Gasteiger partial charge is 0.369 e. The first-order chi connectivity index (χ1) is 13.9. The first kappa shape index (κ1) is 21.3. The molecule has 0 bridgehead atoms. The quantitative estimate of drug-likeness (QED) is 0.757. The molecule has 0 unspecified atom stereocenters. The second-order valence-corrected chi connectivity index (χ2v) is 8.05. The smallest absolute Gasteiger partial charge is 0.234 e. The van der Waals surface area contributed by atoms with Gasteiger partial charge in [-0.3, -0.25) is 14.5 Å². The van der Waals surface area contributed by atoms with Crippen molar-refractivity contribution < 1.29 is 9.59 Å². The number of piperazine rings is 1. The van der Waals surface area contributed by atoms with Crippen molar-refractivity contribution in [3.63, 3.8) is 0 Å². The van der Waals surface area contributed by atoms with Crippen molar-refractivity contribution in [2.45, 2.75) is 26.3 Å². The van der Waals surface area contributed by atoms with E-state index >= 15 is 0 Å². The zero-order valence-electron chi connectivity index (χ0n) is 17.0. The highest BCUT2D eigenvalue weighted by Crippen LogP contribution is 2.25. The van der Waals surface area contributed by atoms with Crippen LogP contribution in [0.25, 0.3) is 0 Å². The Morgan fingerprint density at radius 3 is 2.41 bits per heavy atom. The summed E-state index contributed by atoms with van der Waals surface area (Å²) in [4.78, 5) is 29.0. The maximum Gasteiger partial charge on any atom is 0.234 e. The van der Waals surface area contributed by atoms with Crippen LogP contribution in [0, 0.1) is 6.92 Å². The number of aryl methyl sites for hydroxylation is 1. The molecule has 2 aromatic rings. The van der Waals surface area contributed by atoms with E-state index in [2.05, 4.69) is 22.0 Å². The van der Waals surface area contributed by atoms with Crippen LogP contribution in [-0.4, -0.2) is 55.4 Å². The summed E-state index contributed by atoms with van der Waals surface area (Å²) in [5, 5.41) is 3.65. The van der Waals surface area contributed by atoms with Gasteiger partial charge in [0.15, 0.2) is 5.78 Å². The van der Waals surface area contributed by atoms with Gasteiger partial charge in [0.25, 0.3) is 0 Å². The number of amides is 1. The van der Waals surface area contributed by atoms with Crippen LogP contribution < -0.4 is 10.2 Å². The summed E-state index contributed by atoms with van der Waals surface area (Å²) in [6.45, 7) is 7.19. The van der Waals surface area contributed by atoms with Crippen LogP contribution in [0.5, 0.6) is 0 Å². The molecule has 1 aliphatic rings.